The minimum Gasteiger partial charge on any atom is -0.541 e. The Bertz CT molecular complexity index is 1610. The third kappa shape index (κ3) is 6.10. The Morgan fingerprint density at radius 3 is 2.02 bits per heavy atom. The molecule has 0 fully saturated rings. The van der Waals surface area contributed by atoms with E-state index in [9.17, 15) is 14.3 Å². The van der Waals surface area contributed by atoms with Crippen molar-refractivity contribution in [2.75, 3.05) is 0 Å². The van der Waals surface area contributed by atoms with Crippen LogP contribution in [-0.4, -0.2) is 45.9 Å². The number of halogens is 1. The fraction of sp³-hybridized carbons (Fsp3) is 0.500. The summed E-state index contributed by atoms with van der Waals surface area (Å²) >= 11 is 0. The second-order valence-electron chi connectivity index (χ2n) is 13.8. The molecule has 0 saturated carbocycles. The van der Waals surface area contributed by atoms with Gasteiger partial charge in [-0.05, 0) is 85.6 Å². The first kappa shape index (κ1) is 33.5. The summed E-state index contributed by atoms with van der Waals surface area (Å²) in [5.41, 5.74) is 4.33. The van der Waals surface area contributed by atoms with E-state index in [1.807, 2.05) is 52.0 Å². The molecule has 1 N–H and O–H groups in total. The molecular weight excluding hydrogens is 569 g/mol. The van der Waals surface area contributed by atoms with Crippen molar-refractivity contribution in [1.82, 2.24) is 14.5 Å². The molecule has 0 bridgehead atoms. The highest BCUT2D eigenvalue weighted by molar-refractivity contribution is 6.78. The van der Waals surface area contributed by atoms with Crippen molar-refractivity contribution in [3.63, 3.8) is 0 Å². The second-order valence-corrected chi connectivity index (χ2v) is 19.2. The zero-order valence-corrected chi connectivity index (χ0v) is 29.3. The van der Waals surface area contributed by atoms with Crippen molar-refractivity contribution in [3.8, 4) is 11.6 Å². The maximum Gasteiger partial charge on any atom is 0.258 e. The summed E-state index contributed by atoms with van der Waals surface area (Å²) in [4.78, 5) is 20.9. The van der Waals surface area contributed by atoms with E-state index in [4.69, 9.17) is 9.41 Å². The van der Waals surface area contributed by atoms with E-state index in [2.05, 4.69) is 47.6 Å². The number of fused-ring (bicyclic) bond motifs is 2. The standard InChI is InChI=1S/C36H50FN3O3Si/c1-21(2)40(22(3)4)32(41)18-29-30-17-27(16-26-12-14-28(37)15-13-26)19-38-34(30)35(33-31(29)20-39(11)36(33)42)43-44(23(5)6,24(7)8)25(9)10/h12-15,17,19-25,42H,16,18H2,1-11H3. The Balaban J connectivity index is 2.06. The molecule has 0 aliphatic rings. The molecule has 0 spiro atoms. The lowest BCUT2D eigenvalue weighted by Crippen LogP contribution is -2.50. The number of aromatic nitrogens is 2. The van der Waals surface area contributed by atoms with E-state index < -0.39 is 8.32 Å². The summed E-state index contributed by atoms with van der Waals surface area (Å²) in [5.74, 6) is 0.456. The topological polar surface area (TPSA) is 67.6 Å². The first-order chi connectivity index (χ1) is 20.6. The Hall–Kier alpha value is -3.39. The van der Waals surface area contributed by atoms with Crippen LogP contribution in [0.15, 0.2) is 42.7 Å². The van der Waals surface area contributed by atoms with Crippen LogP contribution in [-0.2, 0) is 24.7 Å². The fourth-order valence-corrected chi connectivity index (χ4v) is 12.7. The molecule has 238 valence electrons. The lowest BCUT2D eigenvalue weighted by atomic mass is 9.95. The smallest absolute Gasteiger partial charge is 0.258 e. The first-order valence-electron chi connectivity index (χ1n) is 16.0. The van der Waals surface area contributed by atoms with Crippen LogP contribution in [0.2, 0.25) is 16.6 Å². The molecule has 4 rings (SSSR count). The number of carbonyl (C=O) groups is 1. The SMILES string of the molecule is CC(C)N(C(=O)Cc1c2cc(Cc3ccc(F)cc3)cnc2c(O[Si](C(C)C)(C(C)C)C(C)C)c2c(O)n(C)cc12)C(C)C. The number of benzene rings is 2. The molecule has 0 aliphatic carbocycles. The molecule has 0 saturated heterocycles. The maximum atomic E-state index is 13.9. The summed E-state index contributed by atoms with van der Waals surface area (Å²) in [7, 11) is -0.650. The Kier molecular flexibility index (Phi) is 9.83. The lowest BCUT2D eigenvalue weighted by molar-refractivity contribution is -0.133. The van der Waals surface area contributed by atoms with E-state index in [1.54, 1.807) is 16.7 Å². The van der Waals surface area contributed by atoms with Crippen molar-refractivity contribution >= 4 is 35.9 Å². The van der Waals surface area contributed by atoms with E-state index in [0.29, 0.717) is 39.7 Å². The Morgan fingerprint density at radius 1 is 0.932 bits per heavy atom. The number of aryl methyl sites for hydroxylation is 1. The van der Waals surface area contributed by atoms with Gasteiger partial charge in [0.25, 0.3) is 8.32 Å². The van der Waals surface area contributed by atoms with Crippen molar-refractivity contribution in [1.29, 1.82) is 0 Å². The second kappa shape index (κ2) is 12.9. The zero-order valence-electron chi connectivity index (χ0n) is 28.3. The lowest BCUT2D eigenvalue weighted by Gasteiger charge is -2.42. The van der Waals surface area contributed by atoms with Crippen LogP contribution in [0.4, 0.5) is 4.39 Å². The van der Waals surface area contributed by atoms with Gasteiger partial charge in [0.1, 0.15) is 17.1 Å². The molecule has 0 unspecified atom stereocenters. The monoisotopic (exact) mass is 619 g/mol. The number of nitrogens with zero attached hydrogens (tertiary/aromatic N) is 3. The van der Waals surface area contributed by atoms with Crippen LogP contribution < -0.4 is 4.43 Å². The van der Waals surface area contributed by atoms with Crippen LogP contribution in [0.5, 0.6) is 11.6 Å². The number of rotatable bonds is 11. The van der Waals surface area contributed by atoms with Gasteiger partial charge in [0, 0.05) is 42.3 Å². The number of hydrogen-bond acceptors (Lipinski definition) is 4. The maximum absolute atomic E-state index is 13.9. The highest BCUT2D eigenvalue weighted by Crippen LogP contribution is 2.49. The fourth-order valence-electron chi connectivity index (χ4n) is 7.42. The average Bonchev–Trinajstić information content (AvgIpc) is 3.22. The molecule has 1 amide bonds. The largest absolute Gasteiger partial charge is 0.541 e. The molecule has 2 heterocycles. The summed E-state index contributed by atoms with van der Waals surface area (Å²) in [6, 6.07) is 8.69. The van der Waals surface area contributed by atoms with Gasteiger partial charge in [-0.1, -0.05) is 53.7 Å². The third-order valence-electron chi connectivity index (χ3n) is 9.22. The average molecular weight is 620 g/mol. The molecule has 2 aromatic heterocycles. The van der Waals surface area contributed by atoms with E-state index >= 15 is 0 Å². The minimum absolute atomic E-state index is 0.0220. The summed E-state index contributed by atoms with van der Waals surface area (Å²) < 4.78 is 22.7. The number of amides is 1. The van der Waals surface area contributed by atoms with Gasteiger partial charge in [-0.3, -0.25) is 9.78 Å². The highest BCUT2D eigenvalue weighted by Gasteiger charge is 2.48. The molecule has 44 heavy (non-hydrogen) atoms. The number of hydrogen-bond donors (Lipinski definition) is 1. The van der Waals surface area contributed by atoms with Crippen LogP contribution in [0.1, 0.15) is 85.9 Å². The number of aromatic hydroxyl groups is 1. The van der Waals surface area contributed by atoms with Gasteiger partial charge in [0.05, 0.1) is 11.8 Å². The van der Waals surface area contributed by atoms with Gasteiger partial charge in [-0.15, -0.1) is 0 Å². The van der Waals surface area contributed by atoms with Crippen LogP contribution in [0, 0.1) is 5.82 Å². The summed E-state index contributed by atoms with van der Waals surface area (Å²) in [5, 5.41) is 13.8. The quantitative estimate of drug-likeness (QED) is 0.170. The minimum atomic E-state index is -2.46. The van der Waals surface area contributed by atoms with Gasteiger partial charge in [0.2, 0.25) is 11.8 Å². The Labute approximate surface area is 263 Å². The van der Waals surface area contributed by atoms with E-state index in [1.165, 1.54) is 12.1 Å². The highest BCUT2D eigenvalue weighted by atomic mass is 28.4. The number of pyridine rings is 1. The Morgan fingerprint density at radius 2 is 1.50 bits per heavy atom. The molecular formula is C36H50FN3O3Si. The summed E-state index contributed by atoms with van der Waals surface area (Å²) in [6.07, 6.45) is 4.48. The van der Waals surface area contributed by atoms with Gasteiger partial charge >= 0.3 is 0 Å². The predicted octanol–water partition coefficient (Wildman–Crippen LogP) is 8.90. The van der Waals surface area contributed by atoms with Crippen molar-refractivity contribution in [2.45, 2.75) is 111 Å². The van der Waals surface area contributed by atoms with Gasteiger partial charge in [0.15, 0.2) is 0 Å². The molecule has 0 radical (unpaired) electrons. The van der Waals surface area contributed by atoms with Gasteiger partial charge in [-0.25, -0.2) is 4.39 Å². The molecule has 0 atom stereocenters. The predicted molar refractivity (Wildman–Crippen MR) is 182 cm³/mol. The van der Waals surface area contributed by atoms with Crippen molar-refractivity contribution in [3.05, 3.63) is 65.2 Å². The molecule has 4 aromatic rings. The van der Waals surface area contributed by atoms with Crippen LogP contribution in [0.3, 0.4) is 0 Å². The van der Waals surface area contributed by atoms with Crippen molar-refractivity contribution < 1.29 is 18.7 Å². The normalized spacial score (nSPS) is 12.6. The molecule has 6 nitrogen and oxygen atoms in total. The molecule has 2 aromatic carbocycles. The van der Waals surface area contributed by atoms with Crippen molar-refractivity contribution in [2.24, 2.45) is 7.05 Å². The van der Waals surface area contributed by atoms with Gasteiger partial charge in [-0.2, -0.15) is 0 Å². The molecule has 0 aliphatic heterocycles. The molecule has 8 heteroatoms. The number of carbonyl (C=O) groups excluding carboxylic acids is 1. The van der Waals surface area contributed by atoms with Gasteiger partial charge < -0.3 is 19.0 Å². The first-order valence-corrected chi connectivity index (χ1v) is 18.1. The zero-order chi connectivity index (χ0) is 32.7. The third-order valence-corrected chi connectivity index (χ3v) is 15.2. The van der Waals surface area contributed by atoms with Crippen LogP contribution >= 0.6 is 0 Å². The summed E-state index contributed by atoms with van der Waals surface area (Å²) in [6.45, 7) is 21.6. The van der Waals surface area contributed by atoms with E-state index in [0.717, 1.165) is 27.5 Å². The van der Waals surface area contributed by atoms with E-state index in [-0.39, 0.29) is 36.1 Å². The van der Waals surface area contributed by atoms with Crippen LogP contribution in [0.25, 0.3) is 21.7 Å².